The maximum atomic E-state index is 13.7. The summed E-state index contributed by atoms with van der Waals surface area (Å²) in [5.74, 6) is 1.29. The van der Waals surface area contributed by atoms with Crippen molar-refractivity contribution in [2.24, 2.45) is 4.99 Å². The molecule has 8 heteroatoms. The molecule has 42 heavy (non-hydrogen) atoms. The maximum absolute atomic E-state index is 13.7. The van der Waals surface area contributed by atoms with Crippen LogP contribution in [0.15, 0.2) is 105 Å². The smallest absolute Gasteiger partial charge is 0.266 e. The number of rotatable bonds is 10. The Morgan fingerprint density at radius 2 is 1.69 bits per heavy atom. The molecule has 0 aliphatic carbocycles. The van der Waals surface area contributed by atoms with Gasteiger partial charge in [0.05, 0.1) is 20.8 Å². The van der Waals surface area contributed by atoms with Gasteiger partial charge in [-0.05, 0) is 114 Å². The molecule has 214 valence electrons. The summed E-state index contributed by atoms with van der Waals surface area (Å²) in [4.78, 5) is 21.0. The molecule has 4 aromatic rings. The fourth-order valence-electron chi connectivity index (χ4n) is 4.37. The lowest BCUT2D eigenvalue weighted by atomic mass is 10.1. The zero-order chi connectivity index (χ0) is 29.5. The van der Waals surface area contributed by atoms with E-state index in [1.807, 2.05) is 98.8 Å². The SMILES string of the molecule is CCOc1cc(/C=C2/SC(=Nc3ccc(C)cc3)N(CCc3ccccc3)C2=O)cc(I)c1OCc1ccc(Br)cc1. The van der Waals surface area contributed by atoms with Gasteiger partial charge in [0.1, 0.15) is 6.61 Å². The van der Waals surface area contributed by atoms with Crippen LogP contribution in [0.2, 0.25) is 0 Å². The molecule has 0 saturated carbocycles. The van der Waals surface area contributed by atoms with Gasteiger partial charge in [0.2, 0.25) is 0 Å². The quantitative estimate of drug-likeness (QED) is 0.120. The lowest BCUT2D eigenvalue weighted by Gasteiger charge is -2.16. The predicted octanol–water partition coefficient (Wildman–Crippen LogP) is 9.19. The number of ether oxygens (including phenoxy) is 2. The molecule has 4 aromatic carbocycles. The van der Waals surface area contributed by atoms with Gasteiger partial charge < -0.3 is 9.47 Å². The average molecular weight is 754 g/mol. The summed E-state index contributed by atoms with van der Waals surface area (Å²) >= 11 is 7.15. The maximum Gasteiger partial charge on any atom is 0.266 e. The predicted molar refractivity (Wildman–Crippen MR) is 185 cm³/mol. The van der Waals surface area contributed by atoms with Gasteiger partial charge >= 0.3 is 0 Å². The Bertz CT molecular complexity index is 1610. The third-order valence-electron chi connectivity index (χ3n) is 6.54. The van der Waals surface area contributed by atoms with Crippen LogP contribution < -0.4 is 9.47 Å². The molecule has 0 aromatic heterocycles. The Balaban J connectivity index is 1.42. The fraction of sp³-hybridized carbons (Fsp3) is 0.176. The topological polar surface area (TPSA) is 51.1 Å². The van der Waals surface area contributed by atoms with Gasteiger partial charge in [0.25, 0.3) is 5.91 Å². The molecule has 5 rings (SSSR count). The average Bonchev–Trinajstić information content (AvgIpc) is 3.27. The molecule has 0 bridgehead atoms. The first-order chi connectivity index (χ1) is 20.4. The Labute approximate surface area is 273 Å². The normalized spacial score (nSPS) is 15.0. The number of halogens is 2. The third-order valence-corrected chi connectivity index (χ3v) is 8.88. The number of amides is 1. The van der Waals surface area contributed by atoms with Crippen LogP contribution in [0.25, 0.3) is 6.08 Å². The van der Waals surface area contributed by atoms with Crippen molar-refractivity contribution < 1.29 is 14.3 Å². The van der Waals surface area contributed by atoms with Crippen molar-refractivity contribution in [2.75, 3.05) is 13.2 Å². The molecule has 0 spiro atoms. The first-order valence-corrected chi connectivity index (χ1v) is 16.3. The summed E-state index contributed by atoms with van der Waals surface area (Å²) in [5, 5.41) is 0.681. The first-order valence-electron chi connectivity index (χ1n) is 13.6. The van der Waals surface area contributed by atoms with Crippen molar-refractivity contribution >= 4 is 73.1 Å². The standard InChI is InChI=1S/C34H30BrIN2O3S/c1-3-40-30-20-26(19-29(36)32(30)41-22-25-11-13-27(35)14-12-25)21-31-33(39)38(18-17-24-7-5-4-6-8-24)34(42-31)37-28-15-9-23(2)10-16-28/h4-16,19-21H,3,17-18,22H2,1-2H3/b31-21+,37-34?. The van der Waals surface area contributed by atoms with Crippen molar-refractivity contribution in [2.45, 2.75) is 26.9 Å². The van der Waals surface area contributed by atoms with E-state index in [1.54, 1.807) is 4.90 Å². The molecule has 5 nitrogen and oxygen atoms in total. The van der Waals surface area contributed by atoms with Crippen molar-refractivity contribution in [3.63, 3.8) is 0 Å². The fourth-order valence-corrected chi connectivity index (χ4v) is 6.44. The molecular formula is C34H30BrIN2O3S. The van der Waals surface area contributed by atoms with E-state index in [2.05, 4.69) is 50.7 Å². The van der Waals surface area contributed by atoms with Gasteiger partial charge in [-0.3, -0.25) is 9.69 Å². The minimum atomic E-state index is -0.0506. The number of hydrogen-bond donors (Lipinski definition) is 0. The number of thioether (sulfide) groups is 1. The summed E-state index contributed by atoms with van der Waals surface area (Å²) < 4.78 is 14.1. The van der Waals surface area contributed by atoms with E-state index in [0.29, 0.717) is 41.3 Å². The number of carbonyl (C=O) groups is 1. The Kier molecular flexibility index (Phi) is 10.4. The molecule has 1 saturated heterocycles. The highest BCUT2D eigenvalue weighted by Gasteiger charge is 2.33. The Hall–Kier alpha value is -3.08. The van der Waals surface area contributed by atoms with Crippen molar-refractivity contribution in [1.29, 1.82) is 0 Å². The Morgan fingerprint density at radius 1 is 0.952 bits per heavy atom. The van der Waals surface area contributed by atoms with E-state index < -0.39 is 0 Å². The number of aryl methyl sites for hydroxylation is 1. The van der Waals surface area contributed by atoms with Crippen molar-refractivity contribution in [1.82, 2.24) is 4.90 Å². The zero-order valence-corrected chi connectivity index (χ0v) is 27.9. The second kappa shape index (κ2) is 14.4. The summed E-state index contributed by atoms with van der Waals surface area (Å²) in [6.07, 6.45) is 2.66. The van der Waals surface area contributed by atoms with Crippen LogP contribution >= 0.6 is 50.3 Å². The lowest BCUT2D eigenvalue weighted by Crippen LogP contribution is -2.31. The zero-order valence-electron chi connectivity index (χ0n) is 23.3. The summed E-state index contributed by atoms with van der Waals surface area (Å²) in [6.45, 7) is 5.47. The minimum absolute atomic E-state index is 0.0506. The molecule has 1 amide bonds. The third kappa shape index (κ3) is 7.85. The van der Waals surface area contributed by atoms with Crippen LogP contribution in [0.3, 0.4) is 0 Å². The van der Waals surface area contributed by atoms with E-state index in [1.165, 1.54) is 22.9 Å². The van der Waals surface area contributed by atoms with E-state index in [0.717, 1.165) is 31.3 Å². The number of benzene rings is 4. The molecule has 0 N–H and O–H groups in total. The number of aliphatic imine (C=N–C) groups is 1. The van der Waals surface area contributed by atoms with Crippen molar-refractivity contribution in [3.05, 3.63) is 126 Å². The van der Waals surface area contributed by atoms with Gasteiger partial charge in [0.15, 0.2) is 16.7 Å². The second-order valence-electron chi connectivity index (χ2n) is 9.71. The number of hydrogen-bond acceptors (Lipinski definition) is 5. The molecule has 1 aliphatic heterocycles. The number of amidine groups is 1. The minimum Gasteiger partial charge on any atom is -0.490 e. The van der Waals surface area contributed by atoms with E-state index in [9.17, 15) is 4.79 Å². The van der Waals surface area contributed by atoms with E-state index in [-0.39, 0.29) is 5.91 Å². The summed E-state index contributed by atoms with van der Waals surface area (Å²) in [5.41, 5.74) is 5.10. The van der Waals surface area contributed by atoms with Gasteiger partial charge in [-0.15, -0.1) is 0 Å². The highest BCUT2D eigenvalue weighted by molar-refractivity contribution is 14.1. The molecule has 0 unspecified atom stereocenters. The van der Waals surface area contributed by atoms with Gasteiger partial charge in [-0.1, -0.05) is 76.1 Å². The van der Waals surface area contributed by atoms with Crippen molar-refractivity contribution in [3.8, 4) is 11.5 Å². The summed E-state index contributed by atoms with van der Waals surface area (Å²) in [7, 11) is 0. The first kappa shape index (κ1) is 30.4. The van der Waals surface area contributed by atoms with Crippen LogP contribution in [0.5, 0.6) is 11.5 Å². The van der Waals surface area contributed by atoms with E-state index in [4.69, 9.17) is 14.5 Å². The number of nitrogens with zero attached hydrogens (tertiary/aromatic N) is 2. The number of carbonyl (C=O) groups excluding carboxylic acids is 1. The molecule has 1 fully saturated rings. The Morgan fingerprint density at radius 3 is 2.40 bits per heavy atom. The molecule has 0 radical (unpaired) electrons. The van der Waals surface area contributed by atoms with E-state index >= 15 is 0 Å². The molecular weight excluding hydrogens is 723 g/mol. The molecule has 1 aliphatic rings. The largest absolute Gasteiger partial charge is 0.490 e. The van der Waals surface area contributed by atoms with Gasteiger partial charge in [0, 0.05) is 11.0 Å². The van der Waals surface area contributed by atoms with Crippen LogP contribution in [0.1, 0.15) is 29.2 Å². The monoisotopic (exact) mass is 752 g/mol. The highest BCUT2D eigenvalue weighted by Crippen LogP contribution is 2.38. The lowest BCUT2D eigenvalue weighted by molar-refractivity contribution is -0.122. The van der Waals surface area contributed by atoms with Crippen LogP contribution in [-0.4, -0.2) is 29.1 Å². The van der Waals surface area contributed by atoms with Crippen LogP contribution in [0, 0.1) is 10.5 Å². The summed E-state index contributed by atoms with van der Waals surface area (Å²) in [6, 6.07) is 30.2. The molecule has 0 atom stereocenters. The van der Waals surface area contributed by atoms with Gasteiger partial charge in [-0.25, -0.2) is 4.99 Å². The molecule has 1 heterocycles. The van der Waals surface area contributed by atoms with Gasteiger partial charge in [-0.2, -0.15) is 0 Å². The van der Waals surface area contributed by atoms with Crippen LogP contribution in [0.4, 0.5) is 5.69 Å². The van der Waals surface area contributed by atoms with Crippen LogP contribution in [-0.2, 0) is 17.8 Å². The second-order valence-corrected chi connectivity index (χ2v) is 12.8. The highest BCUT2D eigenvalue weighted by atomic mass is 127.